The van der Waals surface area contributed by atoms with Crippen molar-refractivity contribution < 1.29 is 9.21 Å². The Morgan fingerprint density at radius 1 is 1.43 bits per heavy atom. The molecule has 0 saturated carbocycles. The van der Waals surface area contributed by atoms with Crippen LogP contribution in [-0.4, -0.2) is 35.4 Å². The molecule has 3 rings (SSSR count). The Hall–Kier alpha value is -2.56. The van der Waals surface area contributed by atoms with Crippen molar-refractivity contribution in [3.63, 3.8) is 0 Å². The maximum Gasteiger partial charge on any atom is 0.257 e. The summed E-state index contributed by atoms with van der Waals surface area (Å²) < 4.78 is 5.00. The number of rotatable bonds is 3. The fourth-order valence-corrected chi connectivity index (χ4v) is 2.55. The average molecular weight is 283 g/mol. The summed E-state index contributed by atoms with van der Waals surface area (Å²) in [6.45, 7) is 6.45. The maximum atomic E-state index is 12.5. The molecule has 1 aliphatic heterocycles. The van der Waals surface area contributed by atoms with Crippen molar-refractivity contribution >= 4 is 11.7 Å². The second-order valence-corrected chi connectivity index (χ2v) is 4.96. The fraction of sp³-hybridized carbons (Fsp3) is 0.250. The van der Waals surface area contributed by atoms with E-state index < -0.39 is 0 Å². The van der Waals surface area contributed by atoms with Gasteiger partial charge in [0.05, 0.1) is 11.8 Å². The Labute approximate surface area is 123 Å². The van der Waals surface area contributed by atoms with E-state index in [2.05, 4.69) is 16.5 Å². The molecule has 21 heavy (non-hydrogen) atoms. The number of carbonyl (C=O) groups is 1. The predicted molar refractivity (Wildman–Crippen MR) is 80.1 cm³/mol. The summed E-state index contributed by atoms with van der Waals surface area (Å²) in [5.74, 6) is 0.916. The third kappa shape index (κ3) is 2.67. The lowest BCUT2D eigenvalue weighted by molar-refractivity contribution is 0.0751. The molecule has 0 atom stereocenters. The van der Waals surface area contributed by atoms with Gasteiger partial charge in [-0.05, 0) is 12.1 Å². The van der Waals surface area contributed by atoms with Crippen molar-refractivity contribution in [2.75, 3.05) is 24.5 Å². The van der Waals surface area contributed by atoms with E-state index in [9.17, 15) is 4.79 Å². The molecular weight excluding hydrogens is 266 g/mol. The number of anilines is 1. The lowest BCUT2D eigenvalue weighted by Gasteiger charge is -2.22. The van der Waals surface area contributed by atoms with E-state index in [-0.39, 0.29) is 5.91 Å². The van der Waals surface area contributed by atoms with Gasteiger partial charge in [0, 0.05) is 37.9 Å². The van der Waals surface area contributed by atoms with Crippen LogP contribution in [0.1, 0.15) is 15.9 Å². The summed E-state index contributed by atoms with van der Waals surface area (Å²) in [6, 6.07) is 5.61. The third-order valence-corrected chi connectivity index (χ3v) is 3.57. The van der Waals surface area contributed by atoms with Crippen LogP contribution in [0.15, 0.2) is 54.0 Å². The molecule has 0 unspecified atom stereocenters. The van der Waals surface area contributed by atoms with Crippen molar-refractivity contribution in [3.05, 3.63) is 60.7 Å². The van der Waals surface area contributed by atoms with E-state index >= 15 is 0 Å². The molecule has 5 heteroatoms. The molecule has 0 bridgehead atoms. The van der Waals surface area contributed by atoms with Crippen LogP contribution in [0.25, 0.3) is 0 Å². The average Bonchev–Trinajstić information content (AvgIpc) is 2.98. The summed E-state index contributed by atoms with van der Waals surface area (Å²) in [7, 11) is 0. The van der Waals surface area contributed by atoms with Gasteiger partial charge < -0.3 is 14.2 Å². The van der Waals surface area contributed by atoms with E-state index in [1.165, 1.54) is 12.5 Å². The molecule has 108 valence electrons. The lowest BCUT2D eigenvalue weighted by atomic mass is 10.2. The molecule has 2 aromatic heterocycles. The molecule has 2 aromatic rings. The van der Waals surface area contributed by atoms with Crippen molar-refractivity contribution in [1.82, 2.24) is 9.88 Å². The van der Waals surface area contributed by atoms with Crippen molar-refractivity contribution in [1.29, 1.82) is 0 Å². The second-order valence-electron chi connectivity index (χ2n) is 4.96. The molecule has 3 heterocycles. The van der Waals surface area contributed by atoms with Crippen LogP contribution >= 0.6 is 0 Å². The highest BCUT2D eigenvalue weighted by atomic mass is 16.3. The Balaban J connectivity index is 1.89. The smallest absolute Gasteiger partial charge is 0.257 e. The first-order valence-corrected chi connectivity index (χ1v) is 6.91. The number of aromatic nitrogens is 1. The van der Waals surface area contributed by atoms with Gasteiger partial charge in [-0.3, -0.25) is 4.79 Å². The first-order valence-electron chi connectivity index (χ1n) is 6.91. The topological polar surface area (TPSA) is 49.6 Å². The van der Waals surface area contributed by atoms with E-state index in [1.54, 1.807) is 12.3 Å². The van der Waals surface area contributed by atoms with E-state index in [0.29, 0.717) is 18.7 Å². The number of hydrogen-bond acceptors (Lipinski definition) is 4. The minimum absolute atomic E-state index is 0.0148. The SMILES string of the molecule is C=CCN1CCN(C(=O)c2ccoc2)Cc2cccnc21. The highest BCUT2D eigenvalue weighted by Gasteiger charge is 2.24. The molecule has 0 aromatic carbocycles. The van der Waals surface area contributed by atoms with Gasteiger partial charge in [-0.25, -0.2) is 4.98 Å². The van der Waals surface area contributed by atoms with Crippen molar-refractivity contribution in [3.8, 4) is 0 Å². The van der Waals surface area contributed by atoms with Gasteiger partial charge in [0.2, 0.25) is 0 Å². The van der Waals surface area contributed by atoms with Gasteiger partial charge in [-0.1, -0.05) is 12.1 Å². The maximum absolute atomic E-state index is 12.5. The molecule has 0 fully saturated rings. The zero-order chi connectivity index (χ0) is 14.7. The molecule has 0 saturated heterocycles. The largest absolute Gasteiger partial charge is 0.472 e. The van der Waals surface area contributed by atoms with Crippen LogP contribution in [0.3, 0.4) is 0 Å². The number of pyridine rings is 1. The predicted octanol–water partition coefficient (Wildman–Crippen LogP) is 2.32. The van der Waals surface area contributed by atoms with Gasteiger partial charge >= 0.3 is 0 Å². The van der Waals surface area contributed by atoms with Crippen molar-refractivity contribution in [2.24, 2.45) is 0 Å². The molecule has 0 radical (unpaired) electrons. The molecule has 1 amide bonds. The van der Waals surface area contributed by atoms with Crippen LogP contribution < -0.4 is 4.90 Å². The first kappa shape index (κ1) is 13.4. The monoisotopic (exact) mass is 283 g/mol. The number of furan rings is 1. The molecule has 0 N–H and O–H groups in total. The Kier molecular flexibility index (Phi) is 3.73. The second kappa shape index (κ2) is 5.83. The minimum atomic E-state index is -0.0148. The standard InChI is InChI=1S/C16H17N3O2/c1-2-7-18-8-9-19(16(20)14-5-10-21-12-14)11-13-4-3-6-17-15(13)18/h2-6,10,12H,1,7-9,11H2. The van der Waals surface area contributed by atoms with Crippen LogP contribution in [0.2, 0.25) is 0 Å². The van der Waals surface area contributed by atoms with Gasteiger partial charge in [-0.15, -0.1) is 6.58 Å². The highest BCUT2D eigenvalue weighted by Crippen LogP contribution is 2.23. The van der Waals surface area contributed by atoms with Crippen molar-refractivity contribution in [2.45, 2.75) is 6.54 Å². The number of nitrogens with zero attached hydrogens (tertiary/aromatic N) is 3. The Morgan fingerprint density at radius 2 is 2.33 bits per heavy atom. The van der Waals surface area contributed by atoms with Crippen LogP contribution in [0.4, 0.5) is 5.82 Å². The zero-order valence-corrected chi connectivity index (χ0v) is 11.7. The Bertz CT molecular complexity index is 637. The fourth-order valence-electron chi connectivity index (χ4n) is 2.55. The summed E-state index contributed by atoms with van der Waals surface area (Å²) in [5, 5.41) is 0. The third-order valence-electron chi connectivity index (χ3n) is 3.57. The summed E-state index contributed by atoms with van der Waals surface area (Å²) in [4.78, 5) is 20.9. The Morgan fingerprint density at radius 3 is 3.10 bits per heavy atom. The van der Waals surface area contributed by atoms with Gasteiger partial charge in [0.1, 0.15) is 12.1 Å². The lowest BCUT2D eigenvalue weighted by Crippen LogP contribution is -2.35. The van der Waals surface area contributed by atoms with E-state index in [1.807, 2.05) is 23.1 Å². The number of carbonyl (C=O) groups excluding carboxylic acids is 1. The van der Waals surface area contributed by atoms with Crippen LogP contribution in [0, 0.1) is 0 Å². The first-order chi connectivity index (χ1) is 10.3. The molecule has 5 nitrogen and oxygen atoms in total. The minimum Gasteiger partial charge on any atom is -0.472 e. The van der Waals surface area contributed by atoms with E-state index in [0.717, 1.165) is 24.5 Å². The van der Waals surface area contributed by atoms with Gasteiger partial charge in [0.25, 0.3) is 5.91 Å². The molecule has 0 spiro atoms. The highest BCUT2D eigenvalue weighted by molar-refractivity contribution is 5.94. The van der Waals surface area contributed by atoms with Gasteiger partial charge in [0.15, 0.2) is 0 Å². The summed E-state index contributed by atoms with van der Waals surface area (Å²) in [6.07, 6.45) is 6.64. The number of fused-ring (bicyclic) bond motifs is 1. The number of hydrogen-bond donors (Lipinski definition) is 0. The number of amides is 1. The molecular formula is C16H17N3O2. The quantitative estimate of drug-likeness (QED) is 0.811. The van der Waals surface area contributed by atoms with Crippen LogP contribution in [0.5, 0.6) is 0 Å². The van der Waals surface area contributed by atoms with Crippen LogP contribution in [-0.2, 0) is 6.54 Å². The molecule has 0 aliphatic carbocycles. The summed E-state index contributed by atoms with van der Waals surface area (Å²) in [5.41, 5.74) is 1.63. The van der Waals surface area contributed by atoms with Gasteiger partial charge in [-0.2, -0.15) is 0 Å². The van der Waals surface area contributed by atoms with E-state index in [4.69, 9.17) is 4.42 Å². The molecule has 1 aliphatic rings. The summed E-state index contributed by atoms with van der Waals surface area (Å²) >= 11 is 0. The normalized spacial score (nSPS) is 14.5. The zero-order valence-electron chi connectivity index (χ0n) is 11.7.